The summed E-state index contributed by atoms with van der Waals surface area (Å²) in [5, 5.41) is 12.5. The number of phenolic OH excluding ortho intramolecular Hbond substituents is 1. The fourth-order valence-electron chi connectivity index (χ4n) is 2.61. The minimum Gasteiger partial charge on any atom is -0.507 e. The van der Waals surface area contributed by atoms with Gasteiger partial charge in [0.15, 0.2) is 0 Å². The SMILES string of the molecule is NCC1(NC(=O)c2cc(F)ccc2O)CCCCC1. The molecule has 0 atom stereocenters. The molecule has 0 aliphatic heterocycles. The Morgan fingerprint density at radius 1 is 1.37 bits per heavy atom. The number of hydrogen-bond donors (Lipinski definition) is 3. The average Bonchev–Trinajstić information content (AvgIpc) is 2.42. The molecule has 1 amide bonds. The van der Waals surface area contributed by atoms with Gasteiger partial charge in [-0.15, -0.1) is 0 Å². The van der Waals surface area contributed by atoms with Crippen molar-refractivity contribution >= 4 is 5.91 Å². The molecule has 1 saturated carbocycles. The summed E-state index contributed by atoms with van der Waals surface area (Å²) in [6, 6.07) is 3.34. The van der Waals surface area contributed by atoms with Gasteiger partial charge in [0.2, 0.25) is 0 Å². The molecular weight excluding hydrogens is 247 g/mol. The fourth-order valence-corrected chi connectivity index (χ4v) is 2.61. The van der Waals surface area contributed by atoms with E-state index in [9.17, 15) is 14.3 Å². The lowest BCUT2D eigenvalue weighted by Gasteiger charge is -2.37. The molecule has 5 heteroatoms. The van der Waals surface area contributed by atoms with E-state index in [1.807, 2.05) is 0 Å². The van der Waals surface area contributed by atoms with Crippen LogP contribution in [-0.2, 0) is 0 Å². The van der Waals surface area contributed by atoms with Crippen molar-refractivity contribution in [3.63, 3.8) is 0 Å². The van der Waals surface area contributed by atoms with Crippen molar-refractivity contribution in [3.8, 4) is 5.75 Å². The van der Waals surface area contributed by atoms with Gasteiger partial charge in [0, 0.05) is 6.54 Å². The van der Waals surface area contributed by atoms with Crippen molar-refractivity contribution in [2.24, 2.45) is 5.73 Å². The highest BCUT2D eigenvalue weighted by atomic mass is 19.1. The third kappa shape index (κ3) is 3.04. The van der Waals surface area contributed by atoms with E-state index in [1.54, 1.807) is 0 Å². The Labute approximate surface area is 111 Å². The van der Waals surface area contributed by atoms with Gasteiger partial charge in [0.1, 0.15) is 11.6 Å². The summed E-state index contributed by atoms with van der Waals surface area (Å²) in [5.74, 6) is -1.24. The summed E-state index contributed by atoms with van der Waals surface area (Å²) >= 11 is 0. The van der Waals surface area contributed by atoms with Gasteiger partial charge in [-0.2, -0.15) is 0 Å². The van der Waals surface area contributed by atoms with Gasteiger partial charge in [0.05, 0.1) is 11.1 Å². The lowest BCUT2D eigenvalue weighted by Crippen LogP contribution is -2.54. The number of phenols is 1. The smallest absolute Gasteiger partial charge is 0.255 e. The Morgan fingerprint density at radius 2 is 2.05 bits per heavy atom. The van der Waals surface area contributed by atoms with Gasteiger partial charge < -0.3 is 16.2 Å². The number of nitrogens with two attached hydrogens (primary N) is 1. The van der Waals surface area contributed by atoms with Gasteiger partial charge in [-0.25, -0.2) is 4.39 Å². The van der Waals surface area contributed by atoms with Gasteiger partial charge in [-0.1, -0.05) is 19.3 Å². The molecular formula is C14H19FN2O2. The van der Waals surface area contributed by atoms with Crippen molar-refractivity contribution in [3.05, 3.63) is 29.6 Å². The third-order valence-corrected chi connectivity index (χ3v) is 3.78. The van der Waals surface area contributed by atoms with Crippen molar-refractivity contribution in [2.45, 2.75) is 37.6 Å². The predicted octanol–water partition coefficient (Wildman–Crippen LogP) is 1.92. The first kappa shape index (κ1) is 13.8. The van der Waals surface area contributed by atoms with Crippen LogP contribution in [0.2, 0.25) is 0 Å². The molecule has 0 radical (unpaired) electrons. The van der Waals surface area contributed by atoms with E-state index in [-0.39, 0.29) is 11.3 Å². The van der Waals surface area contributed by atoms with Crippen LogP contribution in [0.25, 0.3) is 0 Å². The van der Waals surface area contributed by atoms with Gasteiger partial charge in [-0.3, -0.25) is 4.79 Å². The van der Waals surface area contributed by atoms with Crippen LogP contribution < -0.4 is 11.1 Å². The van der Waals surface area contributed by atoms with Crippen LogP contribution >= 0.6 is 0 Å². The van der Waals surface area contributed by atoms with Crippen LogP contribution in [-0.4, -0.2) is 23.1 Å². The number of carbonyl (C=O) groups excluding carboxylic acids is 1. The van der Waals surface area contributed by atoms with Crippen LogP contribution in [0.3, 0.4) is 0 Å². The first-order valence-corrected chi connectivity index (χ1v) is 6.57. The Balaban J connectivity index is 2.17. The van der Waals surface area contributed by atoms with Crippen LogP contribution in [0, 0.1) is 5.82 Å². The molecule has 0 aromatic heterocycles. The molecule has 1 aliphatic rings. The zero-order valence-corrected chi connectivity index (χ0v) is 10.8. The normalized spacial score (nSPS) is 18.0. The molecule has 4 nitrogen and oxygen atoms in total. The molecule has 2 rings (SSSR count). The summed E-state index contributed by atoms with van der Waals surface area (Å²) < 4.78 is 13.1. The zero-order chi connectivity index (χ0) is 13.9. The number of nitrogens with one attached hydrogen (secondary N) is 1. The Morgan fingerprint density at radius 3 is 2.68 bits per heavy atom. The van der Waals surface area contributed by atoms with E-state index in [2.05, 4.69) is 5.32 Å². The Bertz CT molecular complexity index is 471. The predicted molar refractivity (Wildman–Crippen MR) is 70.4 cm³/mol. The summed E-state index contributed by atoms with van der Waals surface area (Å²) in [6.07, 6.45) is 4.83. The van der Waals surface area contributed by atoms with E-state index >= 15 is 0 Å². The highest BCUT2D eigenvalue weighted by Gasteiger charge is 2.32. The largest absolute Gasteiger partial charge is 0.507 e. The van der Waals surface area contributed by atoms with Crippen LogP contribution in [0.5, 0.6) is 5.75 Å². The molecule has 0 saturated heterocycles. The average molecular weight is 266 g/mol. The van der Waals surface area contributed by atoms with Gasteiger partial charge in [0.25, 0.3) is 5.91 Å². The maximum absolute atomic E-state index is 13.1. The van der Waals surface area contributed by atoms with E-state index in [1.165, 1.54) is 6.07 Å². The summed E-state index contributed by atoms with van der Waals surface area (Å²) in [4.78, 5) is 12.2. The van der Waals surface area contributed by atoms with Crippen molar-refractivity contribution in [2.75, 3.05) is 6.54 Å². The number of aromatic hydroxyl groups is 1. The first-order valence-electron chi connectivity index (χ1n) is 6.57. The van der Waals surface area contributed by atoms with E-state index < -0.39 is 17.3 Å². The number of rotatable bonds is 3. The van der Waals surface area contributed by atoms with Crippen LogP contribution in [0.15, 0.2) is 18.2 Å². The topological polar surface area (TPSA) is 75.3 Å². The highest BCUT2D eigenvalue weighted by Crippen LogP contribution is 2.28. The van der Waals surface area contributed by atoms with E-state index in [0.29, 0.717) is 6.54 Å². The maximum Gasteiger partial charge on any atom is 0.255 e. The standard InChI is InChI=1S/C14H19FN2O2/c15-10-4-5-12(18)11(8-10)13(19)17-14(9-16)6-2-1-3-7-14/h4-5,8,18H,1-3,6-7,9,16H2,(H,17,19). The number of benzene rings is 1. The number of halogens is 1. The molecule has 0 unspecified atom stereocenters. The molecule has 19 heavy (non-hydrogen) atoms. The fraction of sp³-hybridized carbons (Fsp3) is 0.500. The first-order chi connectivity index (χ1) is 9.06. The van der Waals surface area contributed by atoms with E-state index in [0.717, 1.165) is 44.2 Å². The maximum atomic E-state index is 13.1. The summed E-state index contributed by atoms with van der Waals surface area (Å²) in [7, 11) is 0. The van der Waals surface area contributed by atoms with Crippen molar-refractivity contribution in [1.82, 2.24) is 5.32 Å². The second-order valence-corrected chi connectivity index (χ2v) is 5.16. The Kier molecular flexibility index (Phi) is 4.04. The minimum atomic E-state index is -0.548. The minimum absolute atomic E-state index is 0.0431. The second kappa shape index (κ2) is 5.57. The molecule has 0 heterocycles. The molecule has 1 aromatic rings. The molecule has 4 N–H and O–H groups in total. The molecule has 1 aromatic carbocycles. The molecule has 0 bridgehead atoms. The van der Waals surface area contributed by atoms with Gasteiger partial charge in [-0.05, 0) is 31.0 Å². The van der Waals surface area contributed by atoms with Crippen molar-refractivity contribution < 1.29 is 14.3 Å². The molecule has 0 spiro atoms. The van der Waals surface area contributed by atoms with E-state index in [4.69, 9.17) is 5.73 Å². The quantitative estimate of drug-likeness (QED) is 0.782. The number of amides is 1. The van der Waals surface area contributed by atoms with Crippen LogP contribution in [0.4, 0.5) is 4.39 Å². The zero-order valence-electron chi connectivity index (χ0n) is 10.8. The van der Waals surface area contributed by atoms with Crippen LogP contribution in [0.1, 0.15) is 42.5 Å². The van der Waals surface area contributed by atoms with Gasteiger partial charge >= 0.3 is 0 Å². The lowest BCUT2D eigenvalue weighted by molar-refractivity contribution is 0.0871. The van der Waals surface area contributed by atoms with Crippen molar-refractivity contribution in [1.29, 1.82) is 0 Å². The lowest BCUT2D eigenvalue weighted by atomic mass is 9.81. The monoisotopic (exact) mass is 266 g/mol. The number of hydrogen-bond acceptors (Lipinski definition) is 3. The highest BCUT2D eigenvalue weighted by molar-refractivity contribution is 5.97. The molecule has 1 fully saturated rings. The molecule has 1 aliphatic carbocycles. The third-order valence-electron chi connectivity index (χ3n) is 3.78. The second-order valence-electron chi connectivity index (χ2n) is 5.16. The summed E-state index contributed by atoms with van der Waals surface area (Å²) in [5.41, 5.74) is 5.32. The Hall–Kier alpha value is -1.62. The number of carbonyl (C=O) groups is 1. The molecule has 104 valence electrons. The summed E-state index contributed by atoms with van der Waals surface area (Å²) in [6.45, 7) is 0.356.